The summed E-state index contributed by atoms with van der Waals surface area (Å²) in [7, 11) is -10.4. The van der Waals surface area contributed by atoms with E-state index in [9.17, 15) is 24.6 Å². The number of fused-ring (bicyclic) bond motifs is 3. The Kier molecular flexibility index (Phi) is 6.98. The van der Waals surface area contributed by atoms with Crippen molar-refractivity contribution in [1.82, 2.24) is 0 Å². The highest BCUT2D eigenvalue weighted by molar-refractivity contribution is 7.82. The van der Waals surface area contributed by atoms with E-state index in [4.69, 9.17) is 9.47 Å². The molecule has 12 heteroatoms. The normalized spacial score (nSPS) is 12.0. The third-order valence-corrected chi connectivity index (χ3v) is 6.36. The van der Waals surface area contributed by atoms with Crippen molar-refractivity contribution in [1.29, 1.82) is 0 Å². The predicted octanol–water partition coefficient (Wildman–Crippen LogP) is 6.34. The van der Waals surface area contributed by atoms with Gasteiger partial charge in [0.25, 0.3) is 6.29 Å². The summed E-state index contributed by atoms with van der Waals surface area (Å²) in [6.07, 6.45) is -1.08. The molecule has 0 aromatic heterocycles. The van der Waals surface area contributed by atoms with E-state index in [-0.39, 0.29) is 23.0 Å². The Morgan fingerprint density at radius 1 is 0.513 bits per heavy atom. The van der Waals surface area contributed by atoms with Crippen LogP contribution < -0.4 is 17.8 Å². The first-order valence-electron chi connectivity index (χ1n) is 11.3. The Bertz CT molecular complexity index is 1780. The van der Waals surface area contributed by atoms with Gasteiger partial charge in [-0.15, -0.1) is 0 Å². The SMILES string of the molecule is O=S(=O)(F)Oc1ccc(OC(Oc2ccc(OS(=O)(=O)F)cc2)c2cc3ccccc3c3ccccc23)cc1. The summed E-state index contributed by atoms with van der Waals surface area (Å²) in [6.45, 7) is 0. The van der Waals surface area contributed by atoms with Crippen LogP contribution in [0, 0.1) is 0 Å². The molecule has 0 heterocycles. The van der Waals surface area contributed by atoms with Gasteiger partial charge in [-0.3, -0.25) is 0 Å². The molecule has 0 aliphatic carbocycles. The van der Waals surface area contributed by atoms with E-state index in [1.54, 1.807) is 0 Å². The van der Waals surface area contributed by atoms with E-state index in [2.05, 4.69) is 8.37 Å². The average Bonchev–Trinajstić information content (AvgIpc) is 2.88. The Balaban J connectivity index is 1.55. The molecule has 0 unspecified atom stereocenters. The van der Waals surface area contributed by atoms with Gasteiger partial charge < -0.3 is 17.8 Å². The molecule has 5 aromatic rings. The van der Waals surface area contributed by atoms with Crippen molar-refractivity contribution in [2.24, 2.45) is 0 Å². The van der Waals surface area contributed by atoms with Gasteiger partial charge in [-0.05, 0) is 76.1 Å². The molecular formula is C27H18F2O8S2. The standard InChI is InChI=1S/C27H18F2O8S2/c28-38(30,31)36-21-13-9-19(10-14-21)34-27(35-20-11-15-22(16-12-20)37-39(29,32)33)26-17-18-5-1-2-6-23(18)24-7-3-4-8-25(24)26/h1-17,27H. The third-order valence-electron chi connectivity index (χ3n) is 5.58. The van der Waals surface area contributed by atoms with E-state index in [1.165, 1.54) is 48.5 Å². The summed E-state index contributed by atoms with van der Waals surface area (Å²) in [5.74, 6) is -0.0256. The molecule has 0 radical (unpaired) electrons. The van der Waals surface area contributed by atoms with Gasteiger partial charge in [-0.1, -0.05) is 56.3 Å². The lowest BCUT2D eigenvalue weighted by Gasteiger charge is -2.23. The van der Waals surface area contributed by atoms with E-state index >= 15 is 0 Å². The predicted molar refractivity (Wildman–Crippen MR) is 140 cm³/mol. The fourth-order valence-corrected chi connectivity index (χ4v) is 4.74. The molecule has 200 valence electrons. The van der Waals surface area contributed by atoms with E-state index in [0.717, 1.165) is 21.5 Å². The lowest BCUT2D eigenvalue weighted by molar-refractivity contribution is 0.00505. The maximum atomic E-state index is 12.9. The molecule has 0 aliphatic heterocycles. The van der Waals surface area contributed by atoms with Crippen LogP contribution in [0.5, 0.6) is 23.0 Å². The number of hydrogen-bond acceptors (Lipinski definition) is 8. The molecule has 0 aliphatic rings. The summed E-state index contributed by atoms with van der Waals surface area (Å²) >= 11 is 0. The fourth-order valence-electron chi connectivity index (χ4n) is 4.05. The van der Waals surface area contributed by atoms with Crippen molar-refractivity contribution in [2.75, 3.05) is 0 Å². The van der Waals surface area contributed by atoms with Crippen LogP contribution in [0.25, 0.3) is 21.5 Å². The minimum atomic E-state index is -5.19. The Morgan fingerprint density at radius 3 is 1.41 bits per heavy atom. The number of ether oxygens (including phenoxy) is 2. The molecule has 0 bridgehead atoms. The number of rotatable bonds is 9. The van der Waals surface area contributed by atoms with Gasteiger partial charge >= 0.3 is 21.0 Å². The molecule has 0 amide bonds. The molecule has 0 atom stereocenters. The van der Waals surface area contributed by atoms with E-state index in [0.29, 0.717) is 5.56 Å². The number of benzene rings is 5. The Labute approximate surface area is 222 Å². The van der Waals surface area contributed by atoms with Gasteiger partial charge in [0.05, 0.1) is 0 Å². The van der Waals surface area contributed by atoms with Crippen molar-refractivity contribution in [2.45, 2.75) is 6.29 Å². The highest BCUT2D eigenvalue weighted by atomic mass is 32.3. The maximum Gasteiger partial charge on any atom is 0.488 e. The van der Waals surface area contributed by atoms with E-state index < -0.39 is 27.3 Å². The van der Waals surface area contributed by atoms with Crippen LogP contribution in [0.1, 0.15) is 11.9 Å². The lowest BCUT2D eigenvalue weighted by Crippen LogP contribution is -2.16. The number of halogens is 2. The van der Waals surface area contributed by atoms with Crippen molar-refractivity contribution < 1.29 is 42.4 Å². The van der Waals surface area contributed by atoms with Crippen molar-refractivity contribution in [3.05, 3.63) is 109 Å². The van der Waals surface area contributed by atoms with Crippen molar-refractivity contribution >= 4 is 42.6 Å². The van der Waals surface area contributed by atoms with Gasteiger partial charge in [0.1, 0.15) is 23.0 Å². The molecule has 0 spiro atoms. The van der Waals surface area contributed by atoms with Crippen LogP contribution in [0.15, 0.2) is 103 Å². The highest BCUT2D eigenvalue weighted by Crippen LogP contribution is 2.36. The summed E-state index contributed by atoms with van der Waals surface area (Å²) in [4.78, 5) is 0. The smallest absolute Gasteiger partial charge is 0.451 e. The van der Waals surface area contributed by atoms with Gasteiger partial charge in [0.2, 0.25) is 0 Å². The number of hydrogen-bond donors (Lipinski definition) is 0. The molecule has 39 heavy (non-hydrogen) atoms. The molecule has 0 saturated heterocycles. The zero-order valence-electron chi connectivity index (χ0n) is 19.7. The van der Waals surface area contributed by atoms with Gasteiger partial charge in [0, 0.05) is 5.56 Å². The van der Waals surface area contributed by atoms with Crippen LogP contribution in [0.4, 0.5) is 7.77 Å². The first-order chi connectivity index (χ1) is 18.5. The topological polar surface area (TPSA) is 105 Å². The van der Waals surface area contributed by atoms with E-state index in [1.807, 2.05) is 54.6 Å². The highest BCUT2D eigenvalue weighted by Gasteiger charge is 2.21. The minimum absolute atomic E-state index is 0.240. The van der Waals surface area contributed by atoms with Crippen LogP contribution in [-0.4, -0.2) is 16.8 Å². The van der Waals surface area contributed by atoms with Gasteiger partial charge in [-0.2, -0.15) is 16.8 Å². The largest absolute Gasteiger partial charge is 0.488 e. The second kappa shape index (κ2) is 10.4. The second-order valence-electron chi connectivity index (χ2n) is 8.20. The van der Waals surface area contributed by atoms with Gasteiger partial charge in [-0.25, -0.2) is 0 Å². The summed E-state index contributed by atoms with van der Waals surface area (Å²) in [5, 5.41) is 3.69. The molecule has 5 aromatic carbocycles. The van der Waals surface area contributed by atoms with Crippen LogP contribution in [0.2, 0.25) is 0 Å². The van der Waals surface area contributed by atoms with Crippen LogP contribution in [0.3, 0.4) is 0 Å². The quantitative estimate of drug-likeness (QED) is 0.115. The monoisotopic (exact) mass is 572 g/mol. The fraction of sp³-hybridized carbons (Fsp3) is 0.0370. The summed E-state index contributed by atoms with van der Waals surface area (Å²) in [5.41, 5.74) is 0.641. The molecule has 0 fully saturated rings. The van der Waals surface area contributed by atoms with Crippen LogP contribution >= 0.6 is 0 Å². The van der Waals surface area contributed by atoms with Crippen LogP contribution in [-0.2, 0) is 21.0 Å². The Hall–Kier alpha value is -4.42. The third kappa shape index (κ3) is 6.54. The Morgan fingerprint density at radius 2 is 0.923 bits per heavy atom. The second-order valence-corrected chi connectivity index (χ2v) is 10.1. The molecule has 5 rings (SSSR count). The first kappa shape index (κ1) is 26.2. The average molecular weight is 573 g/mol. The molecule has 8 nitrogen and oxygen atoms in total. The molecule has 0 N–H and O–H groups in total. The molecule has 0 saturated carbocycles. The van der Waals surface area contributed by atoms with Gasteiger partial charge in [0.15, 0.2) is 0 Å². The van der Waals surface area contributed by atoms with Crippen molar-refractivity contribution in [3.63, 3.8) is 0 Å². The first-order valence-corrected chi connectivity index (χ1v) is 13.9. The summed E-state index contributed by atoms with van der Waals surface area (Å²) in [6, 6.07) is 27.7. The summed E-state index contributed by atoms with van der Waals surface area (Å²) < 4.78 is 89.6. The lowest BCUT2D eigenvalue weighted by atomic mass is 9.97. The maximum absolute atomic E-state index is 12.9. The minimum Gasteiger partial charge on any atom is -0.451 e. The van der Waals surface area contributed by atoms with Crippen molar-refractivity contribution in [3.8, 4) is 23.0 Å². The zero-order chi connectivity index (χ0) is 27.6. The molecular weight excluding hydrogens is 554 g/mol. The zero-order valence-corrected chi connectivity index (χ0v) is 21.4.